The SMILES string of the molecule is CCO[C@H](C)c1nccn1Cc1nc2ccc(Br)cc2[nH]1. The molecule has 0 unspecified atom stereocenters. The third kappa shape index (κ3) is 3.01. The lowest BCUT2D eigenvalue weighted by atomic mass is 10.3. The maximum absolute atomic E-state index is 5.62. The molecule has 0 saturated heterocycles. The van der Waals surface area contributed by atoms with E-state index in [1.165, 1.54) is 0 Å². The Hall–Kier alpha value is -1.66. The molecule has 6 heteroatoms. The van der Waals surface area contributed by atoms with Crippen molar-refractivity contribution in [3.05, 3.63) is 46.7 Å². The third-order valence-electron chi connectivity index (χ3n) is 3.34. The summed E-state index contributed by atoms with van der Waals surface area (Å²) >= 11 is 3.47. The number of hydrogen-bond donors (Lipinski definition) is 1. The van der Waals surface area contributed by atoms with Crippen LogP contribution in [0, 0.1) is 0 Å². The van der Waals surface area contributed by atoms with Crippen LogP contribution in [0.2, 0.25) is 0 Å². The number of hydrogen-bond acceptors (Lipinski definition) is 3. The standard InChI is InChI=1S/C15H17BrN4O/c1-3-21-10(2)15-17-6-7-20(15)9-14-18-12-5-4-11(16)8-13(12)19-14/h4-8,10H,3,9H2,1-2H3,(H,18,19)/t10-/m1/s1. The molecule has 0 fully saturated rings. The Bertz CT molecular complexity index is 749. The summed E-state index contributed by atoms with van der Waals surface area (Å²) in [5, 5.41) is 0. The molecule has 1 N–H and O–H groups in total. The van der Waals surface area contributed by atoms with E-state index in [1.807, 2.05) is 38.2 Å². The van der Waals surface area contributed by atoms with Crippen LogP contribution in [0.1, 0.15) is 31.6 Å². The molecule has 110 valence electrons. The molecule has 0 aliphatic heterocycles. The van der Waals surface area contributed by atoms with Crippen molar-refractivity contribution < 1.29 is 4.74 Å². The van der Waals surface area contributed by atoms with Gasteiger partial charge in [-0.1, -0.05) is 15.9 Å². The van der Waals surface area contributed by atoms with Gasteiger partial charge in [0.1, 0.15) is 17.8 Å². The Labute approximate surface area is 131 Å². The van der Waals surface area contributed by atoms with Gasteiger partial charge < -0.3 is 14.3 Å². The van der Waals surface area contributed by atoms with Crippen LogP contribution in [0.15, 0.2) is 35.1 Å². The number of imidazole rings is 2. The van der Waals surface area contributed by atoms with Gasteiger partial charge in [-0.2, -0.15) is 0 Å². The van der Waals surface area contributed by atoms with E-state index in [4.69, 9.17) is 4.74 Å². The van der Waals surface area contributed by atoms with Crippen molar-refractivity contribution in [2.24, 2.45) is 0 Å². The van der Waals surface area contributed by atoms with Crippen LogP contribution in [0.5, 0.6) is 0 Å². The maximum Gasteiger partial charge on any atom is 0.138 e. The first-order valence-electron chi connectivity index (χ1n) is 6.94. The van der Waals surface area contributed by atoms with Gasteiger partial charge in [0.2, 0.25) is 0 Å². The van der Waals surface area contributed by atoms with Crippen molar-refractivity contribution >= 4 is 27.0 Å². The first kappa shape index (κ1) is 14.3. The Morgan fingerprint density at radius 1 is 1.43 bits per heavy atom. The minimum atomic E-state index is -0.0245. The van der Waals surface area contributed by atoms with E-state index in [0.29, 0.717) is 13.2 Å². The van der Waals surface area contributed by atoms with Gasteiger partial charge >= 0.3 is 0 Å². The summed E-state index contributed by atoms with van der Waals surface area (Å²) in [6.07, 6.45) is 3.72. The van der Waals surface area contributed by atoms with Crippen LogP contribution in [0.3, 0.4) is 0 Å². The van der Waals surface area contributed by atoms with Crippen molar-refractivity contribution in [1.82, 2.24) is 19.5 Å². The Morgan fingerprint density at radius 3 is 3.10 bits per heavy atom. The molecular weight excluding hydrogens is 332 g/mol. The normalized spacial score (nSPS) is 12.9. The second-order valence-electron chi connectivity index (χ2n) is 4.86. The number of ether oxygens (including phenoxy) is 1. The number of fused-ring (bicyclic) bond motifs is 1. The molecule has 3 rings (SSSR count). The number of aromatic amines is 1. The van der Waals surface area contributed by atoms with E-state index >= 15 is 0 Å². The van der Waals surface area contributed by atoms with Crippen molar-refractivity contribution in [2.45, 2.75) is 26.5 Å². The summed E-state index contributed by atoms with van der Waals surface area (Å²) in [6.45, 7) is 5.32. The molecule has 21 heavy (non-hydrogen) atoms. The highest BCUT2D eigenvalue weighted by atomic mass is 79.9. The van der Waals surface area contributed by atoms with E-state index < -0.39 is 0 Å². The first-order valence-corrected chi connectivity index (χ1v) is 7.73. The molecule has 0 amide bonds. The van der Waals surface area contributed by atoms with E-state index in [0.717, 1.165) is 27.2 Å². The van der Waals surface area contributed by atoms with Crippen molar-refractivity contribution in [1.29, 1.82) is 0 Å². The van der Waals surface area contributed by atoms with E-state index in [1.54, 1.807) is 6.20 Å². The highest BCUT2D eigenvalue weighted by molar-refractivity contribution is 9.10. The highest BCUT2D eigenvalue weighted by Gasteiger charge is 2.13. The molecule has 0 radical (unpaired) electrons. The van der Waals surface area contributed by atoms with Gasteiger partial charge in [0.15, 0.2) is 0 Å². The zero-order chi connectivity index (χ0) is 14.8. The molecule has 1 aromatic carbocycles. The quantitative estimate of drug-likeness (QED) is 0.765. The van der Waals surface area contributed by atoms with E-state index in [2.05, 4.69) is 35.4 Å². The summed E-state index contributed by atoms with van der Waals surface area (Å²) in [7, 11) is 0. The lowest BCUT2D eigenvalue weighted by Crippen LogP contribution is -2.10. The molecule has 0 spiro atoms. The van der Waals surface area contributed by atoms with Crippen LogP contribution in [0.25, 0.3) is 11.0 Å². The zero-order valence-corrected chi connectivity index (χ0v) is 13.6. The minimum Gasteiger partial charge on any atom is -0.371 e. The third-order valence-corrected chi connectivity index (χ3v) is 3.83. The monoisotopic (exact) mass is 348 g/mol. The van der Waals surface area contributed by atoms with Gasteiger partial charge in [-0.3, -0.25) is 0 Å². The Morgan fingerprint density at radius 2 is 2.29 bits per heavy atom. The molecule has 0 aliphatic rings. The number of rotatable bonds is 5. The largest absolute Gasteiger partial charge is 0.371 e. The highest BCUT2D eigenvalue weighted by Crippen LogP contribution is 2.19. The second kappa shape index (κ2) is 5.99. The topological polar surface area (TPSA) is 55.7 Å². The second-order valence-corrected chi connectivity index (χ2v) is 5.77. The molecule has 0 saturated carbocycles. The first-order chi connectivity index (χ1) is 10.2. The number of halogens is 1. The van der Waals surface area contributed by atoms with Gasteiger partial charge in [-0.25, -0.2) is 9.97 Å². The average molecular weight is 349 g/mol. The minimum absolute atomic E-state index is 0.0245. The number of nitrogens with zero attached hydrogens (tertiary/aromatic N) is 3. The smallest absolute Gasteiger partial charge is 0.138 e. The van der Waals surface area contributed by atoms with Crippen LogP contribution < -0.4 is 0 Å². The van der Waals surface area contributed by atoms with Gasteiger partial charge in [0.25, 0.3) is 0 Å². The van der Waals surface area contributed by atoms with Crippen LogP contribution >= 0.6 is 15.9 Å². The van der Waals surface area contributed by atoms with Gasteiger partial charge in [-0.05, 0) is 32.0 Å². The Kier molecular flexibility index (Phi) is 4.07. The van der Waals surface area contributed by atoms with Crippen LogP contribution in [-0.4, -0.2) is 26.1 Å². The van der Waals surface area contributed by atoms with Crippen molar-refractivity contribution in [3.63, 3.8) is 0 Å². The van der Waals surface area contributed by atoms with Gasteiger partial charge in [0, 0.05) is 23.5 Å². The summed E-state index contributed by atoms with van der Waals surface area (Å²) in [5.41, 5.74) is 1.99. The fourth-order valence-corrected chi connectivity index (χ4v) is 2.77. The van der Waals surface area contributed by atoms with Gasteiger partial charge in [0.05, 0.1) is 17.6 Å². The lowest BCUT2D eigenvalue weighted by molar-refractivity contribution is 0.0677. The molecule has 3 aromatic rings. The molecular formula is C15H17BrN4O. The summed E-state index contributed by atoms with van der Waals surface area (Å²) in [4.78, 5) is 12.3. The molecule has 5 nitrogen and oxygen atoms in total. The van der Waals surface area contributed by atoms with E-state index in [-0.39, 0.29) is 6.10 Å². The number of H-pyrrole nitrogens is 1. The molecule has 0 bridgehead atoms. The number of benzene rings is 1. The molecule has 0 aliphatic carbocycles. The predicted octanol–water partition coefficient (Wildman–Crippen LogP) is 3.67. The number of nitrogens with one attached hydrogen (secondary N) is 1. The van der Waals surface area contributed by atoms with Gasteiger partial charge in [-0.15, -0.1) is 0 Å². The summed E-state index contributed by atoms with van der Waals surface area (Å²) in [6, 6.07) is 6.02. The molecule has 2 aromatic heterocycles. The van der Waals surface area contributed by atoms with Crippen LogP contribution in [-0.2, 0) is 11.3 Å². The van der Waals surface area contributed by atoms with Crippen LogP contribution in [0.4, 0.5) is 0 Å². The fraction of sp³-hybridized carbons (Fsp3) is 0.333. The van der Waals surface area contributed by atoms with E-state index in [9.17, 15) is 0 Å². The Balaban J connectivity index is 1.87. The molecule has 1 atom stereocenters. The summed E-state index contributed by atoms with van der Waals surface area (Å²) in [5.74, 6) is 1.82. The average Bonchev–Trinajstić information content (AvgIpc) is 3.05. The number of aromatic nitrogens is 4. The zero-order valence-electron chi connectivity index (χ0n) is 12.0. The summed E-state index contributed by atoms with van der Waals surface area (Å²) < 4.78 is 8.72. The lowest BCUT2D eigenvalue weighted by Gasteiger charge is -2.13. The predicted molar refractivity (Wildman–Crippen MR) is 85.2 cm³/mol. The maximum atomic E-state index is 5.62. The fourth-order valence-electron chi connectivity index (χ4n) is 2.41. The van der Waals surface area contributed by atoms with Crippen molar-refractivity contribution in [3.8, 4) is 0 Å². The molecule has 2 heterocycles. The van der Waals surface area contributed by atoms with Crippen molar-refractivity contribution in [2.75, 3.05) is 6.61 Å².